The summed E-state index contributed by atoms with van der Waals surface area (Å²) in [5.41, 5.74) is 6.75. The minimum absolute atomic E-state index is 0.139. The molecule has 1 aromatic carbocycles. The summed E-state index contributed by atoms with van der Waals surface area (Å²) in [7, 11) is 0. The summed E-state index contributed by atoms with van der Waals surface area (Å²) in [4.78, 5) is 11.6. The number of nitrogens with two attached hydrogens (primary N) is 1. The number of rotatable bonds is 5. The van der Waals surface area contributed by atoms with Crippen molar-refractivity contribution in [3.8, 4) is 0 Å². The molecule has 0 saturated carbocycles. The Hall–Kier alpha value is -1.35. The Morgan fingerprint density at radius 1 is 1.28 bits per heavy atom. The molecule has 0 spiro atoms. The first kappa shape index (κ1) is 14.7. The fourth-order valence-electron chi connectivity index (χ4n) is 1.70. The van der Waals surface area contributed by atoms with E-state index in [2.05, 4.69) is 12.1 Å². The van der Waals surface area contributed by atoms with Crippen molar-refractivity contribution in [3.63, 3.8) is 0 Å². The predicted molar refractivity (Wildman–Crippen MR) is 73.2 cm³/mol. The second-order valence-electron chi connectivity index (χ2n) is 5.57. The van der Waals surface area contributed by atoms with Gasteiger partial charge in [-0.3, -0.25) is 4.79 Å². The SMILES string of the molecule is CC(C)(C)OC(=O)C[C@@H](N)CCc1ccccc1. The number of hydrogen-bond donors (Lipinski definition) is 1. The lowest BCUT2D eigenvalue weighted by Gasteiger charge is -2.20. The maximum atomic E-state index is 11.6. The summed E-state index contributed by atoms with van der Waals surface area (Å²) in [5.74, 6) is -0.219. The molecule has 1 aromatic rings. The first-order chi connectivity index (χ1) is 8.37. The summed E-state index contributed by atoms with van der Waals surface area (Å²) in [6, 6.07) is 10.0. The summed E-state index contributed by atoms with van der Waals surface area (Å²) in [5, 5.41) is 0. The molecule has 18 heavy (non-hydrogen) atoms. The lowest BCUT2D eigenvalue weighted by molar-refractivity contribution is -0.155. The van der Waals surface area contributed by atoms with Crippen molar-refractivity contribution in [3.05, 3.63) is 35.9 Å². The van der Waals surface area contributed by atoms with Gasteiger partial charge in [-0.1, -0.05) is 30.3 Å². The van der Waals surface area contributed by atoms with Crippen LogP contribution in [0.5, 0.6) is 0 Å². The first-order valence-electron chi connectivity index (χ1n) is 6.38. The summed E-state index contributed by atoms with van der Waals surface area (Å²) < 4.78 is 5.24. The average Bonchev–Trinajstić information content (AvgIpc) is 2.25. The second-order valence-corrected chi connectivity index (χ2v) is 5.57. The molecule has 2 N–H and O–H groups in total. The Kier molecular flexibility index (Phi) is 5.35. The van der Waals surface area contributed by atoms with Gasteiger partial charge in [0.15, 0.2) is 0 Å². The van der Waals surface area contributed by atoms with Gasteiger partial charge in [-0.05, 0) is 39.2 Å². The van der Waals surface area contributed by atoms with E-state index in [9.17, 15) is 4.79 Å². The first-order valence-corrected chi connectivity index (χ1v) is 6.38. The molecule has 0 aliphatic heterocycles. The van der Waals surface area contributed by atoms with Crippen LogP contribution in [0.25, 0.3) is 0 Å². The monoisotopic (exact) mass is 249 g/mol. The molecule has 100 valence electrons. The van der Waals surface area contributed by atoms with Crippen LogP contribution in [0.2, 0.25) is 0 Å². The van der Waals surface area contributed by atoms with Crippen molar-refractivity contribution in [1.82, 2.24) is 0 Å². The van der Waals surface area contributed by atoms with E-state index in [1.807, 2.05) is 39.0 Å². The number of esters is 1. The zero-order chi connectivity index (χ0) is 13.6. The Morgan fingerprint density at radius 2 is 1.89 bits per heavy atom. The topological polar surface area (TPSA) is 52.3 Å². The molecular formula is C15H23NO2. The van der Waals surface area contributed by atoms with Gasteiger partial charge in [-0.25, -0.2) is 0 Å². The Labute approximate surface area is 109 Å². The third-order valence-corrected chi connectivity index (χ3v) is 2.50. The van der Waals surface area contributed by atoms with E-state index in [0.29, 0.717) is 0 Å². The molecule has 3 nitrogen and oxygen atoms in total. The van der Waals surface area contributed by atoms with Gasteiger partial charge in [0.25, 0.3) is 0 Å². The summed E-state index contributed by atoms with van der Waals surface area (Å²) >= 11 is 0. The number of carbonyl (C=O) groups is 1. The highest BCUT2D eigenvalue weighted by Crippen LogP contribution is 2.11. The normalized spacial score (nSPS) is 13.1. The third kappa shape index (κ3) is 6.40. The Balaban J connectivity index is 2.29. The lowest BCUT2D eigenvalue weighted by atomic mass is 10.0. The number of ether oxygens (including phenoxy) is 1. The minimum Gasteiger partial charge on any atom is -0.460 e. The second kappa shape index (κ2) is 6.55. The highest BCUT2D eigenvalue weighted by Gasteiger charge is 2.18. The van der Waals surface area contributed by atoms with Crippen LogP contribution in [-0.4, -0.2) is 17.6 Å². The largest absolute Gasteiger partial charge is 0.460 e. The van der Waals surface area contributed by atoms with Crippen LogP contribution in [0.4, 0.5) is 0 Å². The van der Waals surface area contributed by atoms with Crippen LogP contribution in [-0.2, 0) is 16.0 Å². The lowest BCUT2D eigenvalue weighted by Crippen LogP contribution is -2.30. The highest BCUT2D eigenvalue weighted by atomic mass is 16.6. The van der Waals surface area contributed by atoms with E-state index in [1.54, 1.807) is 0 Å². The maximum absolute atomic E-state index is 11.6. The van der Waals surface area contributed by atoms with Crippen LogP contribution in [0.1, 0.15) is 39.2 Å². The summed E-state index contributed by atoms with van der Waals surface area (Å²) in [6.07, 6.45) is 1.97. The third-order valence-electron chi connectivity index (χ3n) is 2.50. The van der Waals surface area contributed by atoms with Gasteiger partial charge in [-0.15, -0.1) is 0 Å². The van der Waals surface area contributed by atoms with Crippen molar-refractivity contribution in [2.75, 3.05) is 0 Å². The molecule has 0 aromatic heterocycles. The van der Waals surface area contributed by atoms with Gasteiger partial charge in [0, 0.05) is 6.04 Å². The smallest absolute Gasteiger partial charge is 0.307 e. The van der Waals surface area contributed by atoms with E-state index in [-0.39, 0.29) is 18.4 Å². The van der Waals surface area contributed by atoms with Crippen LogP contribution < -0.4 is 5.73 Å². The van der Waals surface area contributed by atoms with E-state index in [4.69, 9.17) is 10.5 Å². The van der Waals surface area contributed by atoms with Crippen molar-refractivity contribution < 1.29 is 9.53 Å². The molecule has 3 heteroatoms. The van der Waals surface area contributed by atoms with Gasteiger partial charge < -0.3 is 10.5 Å². The Bertz CT molecular complexity index is 368. The highest BCUT2D eigenvalue weighted by molar-refractivity contribution is 5.70. The van der Waals surface area contributed by atoms with Crippen molar-refractivity contribution in [2.24, 2.45) is 5.73 Å². The number of aryl methyl sites for hydroxylation is 1. The van der Waals surface area contributed by atoms with Crippen LogP contribution in [0.3, 0.4) is 0 Å². The van der Waals surface area contributed by atoms with Gasteiger partial charge in [0.2, 0.25) is 0 Å². The molecule has 0 heterocycles. The standard InChI is InChI=1S/C15H23NO2/c1-15(2,3)18-14(17)11-13(16)10-9-12-7-5-4-6-8-12/h4-8,13H,9-11,16H2,1-3H3/t13-/m0/s1. The molecule has 1 atom stereocenters. The maximum Gasteiger partial charge on any atom is 0.307 e. The zero-order valence-electron chi connectivity index (χ0n) is 11.5. The molecule has 0 unspecified atom stereocenters. The van der Waals surface area contributed by atoms with Crippen LogP contribution in [0.15, 0.2) is 30.3 Å². The van der Waals surface area contributed by atoms with Gasteiger partial charge >= 0.3 is 5.97 Å². The van der Waals surface area contributed by atoms with Gasteiger partial charge in [0.05, 0.1) is 6.42 Å². The molecule has 0 amide bonds. The van der Waals surface area contributed by atoms with Crippen LogP contribution >= 0.6 is 0 Å². The Morgan fingerprint density at radius 3 is 2.44 bits per heavy atom. The van der Waals surface area contributed by atoms with E-state index in [0.717, 1.165) is 12.8 Å². The molecule has 0 saturated heterocycles. The summed E-state index contributed by atoms with van der Waals surface area (Å²) in [6.45, 7) is 5.58. The zero-order valence-corrected chi connectivity index (χ0v) is 11.5. The molecule has 0 bridgehead atoms. The van der Waals surface area contributed by atoms with E-state index >= 15 is 0 Å². The van der Waals surface area contributed by atoms with Crippen molar-refractivity contribution >= 4 is 5.97 Å². The minimum atomic E-state index is -0.434. The molecule has 0 radical (unpaired) electrons. The average molecular weight is 249 g/mol. The number of hydrogen-bond acceptors (Lipinski definition) is 3. The van der Waals surface area contributed by atoms with Crippen molar-refractivity contribution in [1.29, 1.82) is 0 Å². The van der Waals surface area contributed by atoms with E-state index < -0.39 is 5.60 Å². The molecule has 0 fully saturated rings. The fraction of sp³-hybridized carbons (Fsp3) is 0.533. The number of benzene rings is 1. The quantitative estimate of drug-likeness (QED) is 0.816. The van der Waals surface area contributed by atoms with E-state index in [1.165, 1.54) is 5.56 Å². The molecule has 0 aliphatic carbocycles. The van der Waals surface area contributed by atoms with Gasteiger partial charge in [-0.2, -0.15) is 0 Å². The fourth-order valence-corrected chi connectivity index (χ4v) is 1.70. The van der Waals surface area contributed by atoms with Gasteiger partial charge in [0.1, 0.15) is 5.60 Å². The molecule has 0 aliphatic rings. The predicted octanol–water partition coefficient (Wildman–Crippen LogP) is 2.68. The van der Waals surface area contributed by atoms with Crippen molar-refractivity contribution in [2.45, 2.75) is 51.7 Å². The number of carbonyl (C=O) groups excluding carboxylic acids is 1. The van der Waals surface area contributed by atoms with Crippen LogP contribution in [0, 0.1) is 0 Å². The molecular weight excluding hydrogens is 226 g/mol. The molecule has 1 rings (SSSR count).